The van der Waals surface area contributed by atoms with Gasteiger partial charge in [0.1, 0.15) is 11.3 Å². The molecule has 2 rings (SSSR count). The summed E-state index contributed by atoms with van der Waals surface area (Å²) >= 11 is 0. The van der Waals surface area contributed by atoms with E-state index in [1.807, 2.05) is 38.1 Å². The largest absolute Gasteiger partial charge is 0.489 e. The van der Waals surface area contributed by atoms with Crippen molar-refractivity contribution in [3.8, 4) is 5.75 Å². The molecule has 0 amide bonds. The van der Waals surface area contributed by atoms with E-state index in [1.165, 1.54) is 6.20 Å². The second-order valence-corrected chi connectivity index (χ2v) is 4.16. The van der Waals surface area contributed by atoms with E-state index in [1.54, 1.807) is 0 Å². The molecule has 1 heterocycles. The second-order valence-electron chi connectivity index (χ2n) is 4.16. The van der Waals surface area contributed by atoms with Gasteiger partial charge >= 0.3 is 5.97 Å². The Morgan fingerprint density at radius 1 is 1.44 bits per heavy atom. The molecule has 0 aliphatic carbocycles. The van der Waals surface area contributed by atoms with E-state index in [9.17, 15) is 9.90 Å². The molecule has 1 atom stereocenters. The minimum atomic E-state index is -1.02. The molecule has 1 aromatic heterocycles. The standard InChI is InChI=1S/C14H15NO3/c1-3-9(2)18-13-10-6-4-5-7-12(10)15-8-11(13)14(16)17/h4-9H,3H2,1-2H3,(H,16,17). The summed E-state index contributed by atoms with van der Waals surface area (Å²) in [7, 11) is 0. The number of carboxylic acid groups (broad SMARTS) is 1. The van der Waals surface area contributed by atoms with Gasteiger partial charge in [-0.15, -0.1) is 0 Å². The minimum Gasteiger partial charge on any atom is -0.489 e. The topological polar surface area (TPSA) is 59.4 Å². The highest BCUT2D eigenvalue weighted by molar-refractivity contribution is 5.98. The fourth-order valence-electron chi connectivity index (χ4n) is 1.68. The van der Waals surface area contributed by atoms with Crippen LogP contribution in [-0.2, 0) is 0 Å². The number of fused-ring (bicyclic) bond motifs is 1. The number of aromatic nitrogens is 1. The van der Waals surface area contributed by atoms with Crippen LogP contribution in [0.15, 0.2) is 30.5 Å². The molecule has 2 aromatic rings. The monoisotopic (exact) mass is 245 g/mol. The van der Waals surface area contributed by atoms with Crippen molar-refractivity contribution in [3.05, 3.63) is 36.0 Å². The van der Waals surface area contributed by atoms with Crippen molar-refractivity contribution in [2.75, 3.05) is 0 Å². The zero-order valence-electron chi connectivity index (χ0n) is 10.4. The molecule has 0 saturated heterocycles. The molecule has 0 aliphatic heterocycles. The third kappa shape index (κ3) is 2.27. The Labute approximate surface area is 105 Å². The Bertz CT molecular complexity index is 580. The van der Waals surface area contributed by atoms with Gasteiger partial charge in [0.05, 0.1) is 11.6 Å². The van der Waals surface area contributed by atoms with E-state index in [0.29, 0.717) is 5.75 Å². The molecule has 0 spiro atoms. The van der Waals surface area contributed by atoms with E-state index >= 15 is 0 Å². The summed E-state index contributed by atoms with van der Waals surface area (Å²) in [5.41, 5.74) is 0.842. The number of benzene rings is 1. The number of rotatable bonds is 4. The molecule has 0 fully saturated rings. The molecule has 1 aromatic carbocycles. The fourth-order valence-corrected chi connectivity index (χ4v) is 1.68. The predicted octanol–water partition coefficient (Wildman–Crippen LogP) is 3.11. The van der Waals surface area contributed by atoms with Crippen molar-refractivity contribution in [1.82, 2.24) is 4.98 Å². The highest BCUT2D eigenvalue weighted by Crippen LogP contribution is 2.29. The van der Waals surface area contributed by atoms with Crippen LogP contribution in [0, 0.1) is 0 Å². The minimum absolute atomic E-state index is 0.0334. The summed E-state index contributed by atoms with van der Waals surface area (Å²) in [5, 5.41) is 9.92. The van der Waals surface area contributed by atoms with Gasteiger partial charge in [0.2, 0.25) is 0 Å². The van der Waals surface area contributed by atoms with Crippen molar-refractivity contribution >= 4 is 16.9 Å². The van der Waals surface area contributed by atoms with Crippen LogP contribution in [0.3, 0.4) is 0 Å². The number of hydrogen-bond acceptors (Lipinski definition) is 3. The number of aromatic carboxylic acids is 1. The zero-order valence-corrected chi connectivity index (χ0v) is 10.4. The van der Waals surface area contributed by atoms with Crippen molar-refractivity contribution in [1.29, 1.82) is 0 Å². The average molecular weight is 245 g/mol. The van der Waals surface area contributed by atoms with Crippen LogP contribution in [0.25, 0.3) is 10.9 Å². The summed E-state index contributed by atoms with van der Waals surface area (Å²) in [5.74, 6) is -0.617. The van der Waals surface area contributed by atoms with Crippen LogP contribution in [-0.4, -0.2) is 22.2 Å². The maximum atomic E-state index is 11.2. The van der Waals surface area contributed by atoms with Crippen molar-refractivity contribution in [2.45, 2.75) is 26.4 Å². The predicted molar refractivity (Wildman–Crippen MR) is 69.1 cm³/mol. The summed E-state index contributed by atoms with van der Waals surface area (Å²) in [4.78, 5) is 15.4. The fraction of sp³-hybridized carbons (Fsp3) is 0.286. The SMILES string of the molecule is CCC(C)Oc1c(C(=O)O)cnc2ccccc12. The quantitative estimate of drug-likeness (QED) is 0.899. The van der Waals surface area contributed by atoms with Crippen molar-refractivity contribution in [3.63, 3.8) is 0 Å². The number of carboxylic acids is 1. The summed E-state index contributed by atoms with van der Waals surface area (Å²) in [6.45, 7) is 3.91. The average Bonchev–Trinajstić information content (AvgIpc) is 2.38. The number of hydrogen-bond donors (Lipinski definition) is 1. The first-order valence-electron chi connectivity index (χ1n) is 5.91. The second kappa shape index (κ2) is 5.04. The Morgan fingerprint density at radius 2 is 2.17 bits per heavy atom. The lowest BCUT2D eigenvalue weighted by Gasteiger charge is -2.16. The lowest BCUT2D eigenvalue weighted by atomic mass is 10.1. The molecule has 0 aliphatic rings. The van der Waals surface area contributed by atoms with Gasteiger partial charge in [-0.2, -0.15) is 0 Å². The maximum Gasteiger partial charge on any atom is 0.341 e. The van der Waals surface area contributed by atoms with Gasteiger partial charge in [-0.3, -0.25) is 4.98 Å². The van der Waals surface area contributed by atoms with Gasteiger partial charge in [0.15, 0.2) is 0 Å². The van der Waals surface area contributed by atoms with Crippen LogP contribution < -0.4 is 4.74 Å². The first-order valence-corrected chi connectivity index (χ1v) is 5.91. The Hall–Kier alpha value is -2.10. The molecular formula is C14H15NO3. The zero-order chi connectivity index (χ0) is 13.1. The van der Waals surface area contributed by atoms with Gasteiger partial charge in [0.25, 0.3) is 0 Å². The molecule has 1 N–H and O–H groups in total. The normalized spacial score (nSPS) is 12.3. The number of nitrogens with zero attached hydrogens (tertiary/aromatic N) is 1. The Morgan fingerprint density at radius 3 is 2.83 bits per heavy atom. The van der Waals surface area contributed by atoms with Gasteiger partial charge < -0.3 is 9.84 Å². The Balaban J connectivity index is 2.62. The third-order valence-electron chi connectivity index (χ3n) is 2.85. The molecule has 94 valence electrons. The number of pyridine rings is 1. The van der Waals surface area contributed by atoms with E-state index in [-0.39, 0.29) is 11.7 Å². The van der Waals surface area contributed by atoms with E-state index in [4.69, 9.17) is 4.74 Å². The van der Waals surface area contributed by atoms with Crippen LogP contribution in [0.2, 0.25) is 0 Å². The molecule has 0 radical (unpaired) electrons. The van der Waals surface area contributed by atoms with Crippen molar-refractivity contribution < 1.29 is 14.6 Å². The number of para-hydroxylation sites is 1. The number of carbonyl (C=O) groups is 1. The molecule has 0 saturated carbocycles. The molecule has 4 heteroatoms. The highest BCUT2D eigenvalue weighted by atomic mass is 16.5. The molecule has 1 unspecified atom stereocenters. The smallest absolute Gasteiger partial charge is 0.341 e. The van der Waals surface area contributed by atoms with Crippen LogP contribution in [0.1, 0.15) is 30.6 Å². The van der Waals surface area contributed by atoms with E-state index in [0.717, 1.165) is 17.3 Å². The lowest BCUT2D eigenvalue weighted by molar-refractivity contribution is 0.0689. The van der Waals surface area contributed by atoms with Gasteiger partial charge in [-0.25, -0.2) is 4.79 Å². The van der Waals surface area contributed by atoms with Crippen molar-refractivity contribution in [2.24, 2.45) is 0 Å². The first kappa shape index (κ1) is 12.4. The van der Waals surface area contributed by atoms with Crippen LogP contribution >= 0.6 is 0 Å². The molecule has 4 nitrogen and oxygen atoms in total. The third-order valence-corrected chi connectivity index (χ3v) is 2.85. The van der Waals surface area contributed by atoms with Crippen LogP contribution in [0.4, 0.5) is 0 Å². The lowest BCUT2D eigenvalue weighted by Crippen LogP contribution is -2.13. The maximum absolute atomic E-state index is 11.2. The summed E-state index contributed by atoms with van der Waals surface area (Å²) < 4.78 is 5.75. The van der Waals surface area contributed by atoms with E-state index < -0.39 is 5.97 Å². The van der Waals surface area contributed by atoms with Gasteiger partial charge in [-0.05, 0) is 25.5 Å². The van der Waals surface area contributed by atoms with Gasteiger partial charge in [-0.1, -0.05) is 19.1 Å². The number of ether oxygens (including phenoxy) is 1. The first-order chi connectivity index (χ1) is 8.63. The summed E-state index contributed by atoms with van der Waals surface area (Å²) in [6, 6.07) is 7.37. The van der Waals surface area contributed by atoms with Crippen LogP contribution in [0.5, 0.6) is 5.75 Å². The molecule has 18 heavy (non-hydrogen) atoms. The van der Waals surface area contributed by atoms with Gasteiger partial charge in [0, 0.05) is 11.6 Å². The molecular weight excluding hydrogens is 230 g/mol. The van der Waals surface area contributed by atoms with E-state index in [2.05, 4.69) is 4.98 Å². The highest BCUT2D eigenvalue weighted by Gasteiger charge is 2.17. The Kier molecular flexibility index (Phi) is 3.46. The summed E-state index contributed by atoms with van der Waals surface area (Å²) in [6.07, 6.45) is 2.13. The molecule has 0 bridgehead atoms.